The standard InChI is InChI=1S/C19H12FN5/c1-25-11-16(19(24-25)17-5-3-13(20)10-23-17)14-6-7-22-18-8-12(9-21)2-4-15(14)18/h2-8,10-11H,1H3. The zero-order valence-corrected chi connectivity index (χ0v) is 13.3. The van der Waals surface area contributed by atoms with Crippen LogP contribution in [0.2, 0.25) is 0 Å². The van der Waals surface area contributed by atoms with E-state index in [1.807, 2.05) is 25.4 Å². The number of rotatable bonds is 2. The molecule has 0 fully saturated rings. The second kappa shape index (κ2) is 5.80. The lowest BCUT2D eigenvalue weighted by Crippen LogP contribution is -1.91. The van der Waals surface area contributed by atoms with E-state index < -0.39 is 0 Å². The van der Waals surface area contributed by atoms with Gasteiger partial charge in [0.1, 0.15) is 11.5 Å². The van der Waals surface area contributed by atoms with E-state index in [2.05, 4.69) is 21.1 Å². The summed E-state index contributed by atoms with van der Waals surface area (Å²) in [4.78, 5) is 8.50. The number of halogens is 1. The monoisotopic (exact) mass is 329 g/mol. The first-order valence-corrected chi connectivity index (χ1v) is 7.60. The van der Waals surface area contributed by atoms with Crippen LogP contribution in [0.25, 0.3) is 33.4 Å². The van der Waals surface area contributed by atoms with E-state index in [1.54, 1.807) is 29.1 Å². The van der Waals surface area contributed by atoms with Gasteiger partial charge in [0.2, 0.25) is 0 Å². The lowest BCUT2D eigenvalue weighted by molar-refractivity contribution is 0.621. The summed E-state index contributed by atoms with van der Waals surface area (Å²) in [5, 5.41) is 14.5. The highest BCUT2D eigenvalue weighted by Crippen LogP contribution is 2.34. The lowest BCUT2D eigenvalue weighted by atomic mass is 9.99. The zero-order valence-electron chi connectivity index (χ0n) is 13.3. The molecule has 0 unspecified atom stereocenters. The molecule has 3 aromatic heterocycles. The molecule has 1 aromatic carbocycles. The summed E-state index contributed by atoms with van der Waals surface area (Å²) in [6, 6.07) is 12.4. The molecule has 0 radical (unpaired) electrons. The third-order valence-corrected chi connectivity index (χ3v) is 3.96. The van der Waals surface area contributed by atoms with E-state index in [9.17, 15) is 4.39 Å². The van der Waals surface area contributed by atoms with Gasteiger partial charge in [0, 0.05) is 30.4 Å². The fourth-order valence-electron chi connectivity index (χ4n) is 2.84. The number of hydrogen-bond donors (Lipinski definition) is 0. The molecule has 6 heteroatoms. The van der Waals surface area contributed by atoms with Gasteiger partial charge in [-0.1, -0.05) is 6.07 Å². The van der Waals surface area contributed by atoms with E-state index in [-0.39, 0.29) is 5.82 Å². The van der Waals surface area contributed by atoms with Crippen LogP contribution in [0.4, 0.5) is 4.39 Å². The first kappa shape index (κ1) is 15.0. The van der Waals surface area contributed by atoms with Crippen LogP contribution in [-0.4, -0.2) is 19.7 Å². The van der Waals surface area contributed by atoms with Crippen LogP contribution in [0.5, 0.6) is 0 Å². The van der Waals surface area contributed by atoms with Gasteiger partial charge in [-0.3, -0.25) is 14.6 Å². The predicted molar refractivity (Wildman–Crippen MR) is 91.8 cm³/mol. The maximum Gasteiger partial charge on any atom is 0.141 e. The largest absolute Gasteiger partial charge is 0.274 e. The van der Waals surface area contributed by atoms with Gasteiger partial charge in [-0.25, -0.2) is 4.39 Å². The van der Waals surface area contributed by atoms with Crippen LogP contribution in [0.1, 0.15) is 5.56 Å². The van der Waals surface area contributed by atoms with Gasteiger partial charge in [-0.15, -0.1) is 0 Å². The van der Waals surface area contributed by atoms with Crippen molar-refractivity contribution in [2.75, 3.05) is 0 Å². The summed E-state index contributed by atoms with van der Waals surface area (Å²) in [6.07, 6.45) is 4.78. The average Bonchev–Trinajstić information content (AvgIpc) is 3.03. The maximum atomic E-state index is 13.2. The minimum atomic E-state index is -0.389. The van der Waals surface area contributed by atoms with Crippen molar-refractivity contribution in [3.63, 3.8) is 0 Å². The van der Waals surface area contributed by atoms with Gasteiger partial charge in [0.05, 0.1) is 29.0 Å². The van der Waals surface area contributed by atoms with Gasteiger partial charge in [0.15, 0.2) is 0 Å². The molecule has 0 N–H and O–H groups in total. The molecule has 120 valence electrons. The highest BCUT2D eigenvalue weighted by Gasteiger charge is 2.16. The number of nitriles is 1. The van der Waals surface area contributed by atoms with Gasteiger partial charge in [-0.05, 0) is 35.9 Å². The molecular weight excluding hydrogens is 317 g/mol. The highest BCUT2D eigenvalue weighted by atomic mass is 19.1. The Balaban J connectivity index is 1.96. The third kappa shape index (κ3) is 2.62. The molecule has 0 aliphatic carbocycles. The molecule has 0 aliphatic heterocycles. The molecule has 0 saturated carbocycles. The Bertz CT molecular complexity index is 1120. The Morgan fingerprint density at radius 3 is 2.72 bits per heavy atom. The summed E-state index contributed by atoms with van der Waals surface area (Å²) < 4.78 is 14.9. The van der Waals surface area contributed by atoms with Crippen molar-refractivity contribution in [1.82, 2.24) is 19.7 Å². The molecule has 4 aromatic rings. The normalized spacial score (nSPS) is 10.8. The second-order valence-electron chi connectivity index (χ2n) is 5.63. The zero-order chi connectivity index (χ0) is 17.4. The summed E-state index contributed by atoms with van der Waals surface area (Å²) in [7, 11) is 1.83. The number of benzene rings is 1. The molecular formula is C19H12FN5. The molecule has 0 saturated heterocycles. The van der Waals surface area contributed by atoms with Crippen LogP contribution in [-0.2, 0) is 7.05 Å². The molecule has 0 amide bonds. The number of aryl methyl sites for hydroxylation is 1. The van der Waals surface area contributed by atoms with Gasteiger partial charge in [-0.2, -0.15) is 10.4 Å². The van der Waals surface area contributed by atoms with Gasteiger partial charge >= 0.3 is 0 Å². The average molecular weight is 329 g/mol. The lowest BCUT2D eigenvalue weighted by Gasteiger charge is -2.06. The summed E-state index contributed by atoms with van der Waals surface area (Å²) in [6.45, 7) is 0. The SMILES string of the molecule is Cn1cc(-c2ccnc3cc(C#N)ccc23)c(-c2ccc(F)cn2)n1. The molecule has 3 heterocycles. The first-order valence-electron chi connectivity index (χ1n) is 7.60. The van der Waals surface area contributed by atoms with Crippen molar-refractivity contribution in [3.8, 4) is 28.6 Å². The van der Waals surface area contributed by atoms with Crippen molar-refractivity contribution >= 4 is 10.9 Å². The Kier molecular flexibility index (Phi) is 3.47. The molecule has 0 aliphatic rings. The van der Waals surface area contributed by atoms with Crippen LogP contribution in [0.3, 0.4) is 0 Å². The summed E-state index contributed by atoms with van der Waals surface area (Å²) in [5.74, 6) is -0.389. The van der Waals surface area contributed by atoms with Crippen LogP contribution < -0.4 is 0 Å². The van der Waals surface area contributed by atoms with Crippen LogP contribution in [0.15, 0.2) is 55.0 Å². The van der Waals surface area contributed by atoms with Crippen LogP contribution in [0, 0.1) is 17.1 Å². The van der Waals surface area contributed by atoms with Crippen molar-refractivity contribution in [2.24, 2.45) is 7.05 Å². The fraction of sp³-hybridized carbons (Fsp3) is 0.0526. The van der Waals surface area contributed by atoms with Crippen molar-refractivity contribution in [1.29, 1.82) is 5.26 Å². The summed E-state index contributed by atoms with van der Waals surface area (Å²) >= 11 is 0. The topological polar surface area (TPSA) is 67.4 Å². The smallest absolute Gasteiger partial charge is 0.141 e. The second-order valence-corrected chi connectivity index (χ2v) is 5.63. The Hall–Kier alpha value is -3.59. The Morgan fingerprint density at radius 1 is 1.08 bits per heavy atom. The minimum Gasteiger partial charge on any atom is -0.274 e. The molecule has 0 bridgehead atoms. The van der Waals surface area contributed by atoms with E-state index in [1.165, 1.54) is 12.3 Å². The maximum absolute atomic E-state index is 13.2. The predicted octanol–water partition coefficient (Wildman–Crippen LogP) is 3.71. The Labute approximate surface area is 143 Å². The van der Waals surface area contributed by atoms with E-state index in [0.717, 1.165) is 22.0 Å². The molecule has 0 spiro atoms. The highest BCUT2D eigenvalue weighted by molar-refractivity contribution is 5.97. The first-order chi connectivity index (χ1) is 12.2. The van der Waals surface area contributed by atoms with E-state index >= 15 is 0 Å². The van der Waals surface area contributed by atoms with E-state index in [0.29, 0.717) is 17.0 Å². The minimum absolute atomic E-state index is 0.389. The summed E-state index contributed by atoms with van der Waals surface area (Å²) in [5.41, 5.74) is 4.36. The van der Waals surface area contributed by atoms with Crippen LogP contribution >= 0.6 is 0 Å². The van der Waals surface area contributed by atoms with E-state index in [4.69, 9.17) is 5.26 Å². The molecule has 5 nitrogen and oxygen atoms in total. The third-order valence-electron chi connectivity index (χ3n) is 3.96. The van der Waals surface area contributed by atoms with Gasteiger partial charge < -0.3 is 0 Å². The van der Waals surface area contributed by atoms with Gasteiger partial charge in [0.25, 0.3) is 0 Å². The number of hydrogen-bond acceptors (Lipinski definition) is 4. The quantitative estimate of drug-likeness (QED) is 0.562. The number of pyridine rings is 2. The van der Waals surface area contributed by atoms with Crippen molar-refractivity contribution in [3.05, 3.63) is 66.4 Å². The van der Waals surface area contributed by atoms with Crippen molar-refractivity contribution < 1.29 is 4.39 Å². The molecule has 0 atom stereocenters. The molecule has 25 heavy (non-hydrogen) atoms. The Morgan fingerprint density at radius 2 is 1.96 bits per heavy atom. The molecule has 4 rings (SSSR count). The number of nitrogens with zero attached hydrogens (tertiary/aromatic N) is 5. The fourth-order valence-corrected chi connectivity index (χ4v) is 2.84. The van der Waals surface area contributed by atoms with Crippen molar-refractivity contribution in [2.45, 2.75) is 0 Å². The number of fused-ring (bicyclic) bond motifs is 1. The number of aromatic nitrogens is 4.